The Morgan fingerprint density at radius 1 is 1.30 bits per heavy atom. The summed E-state index contributed by atoms with van der Waals surface area (Å²) in [5, 5.41) is 3.34. The van der Waals surface area contributed by atoms with Crippen LogP contribution in [0.1, 0.15) is 46.0 Å². The van der Waals surface area contributed by atoms with Crippen molar-refractivity contribution in [2.45, 2.75) is 58.1 Å². The van der Waals surface area contributed by atoms with Crippen molar-refractivity contribution in [1.29, 1.82) is 0 Å². The van der Waals surface area contributed by atoms with Crippen LogP contribution in [0.5, 0.6) is 0 Å². The summed E-state index contributed by atoms with van der Waals surface area (Å²) >= 11 is 0. The molecular weight excluding hydrogens is 252 g/mol. The number of hydrogen-bond acceptors (Lipinski definition) is 3. The van der Waals surface area contributed by atoms with E-state index >= 15 is 0 Å². The summed E-state index contributed by atoms with van der Waals surface area (Å²) in [7, 11) is 0. The minimum Gasteiger partial charge on any atom is -0.377 e. The molecule has 20 heavy (non-hydrogen) atoms. The van der Waals surface area contributed by atoms with Crippen molar-refractivity contribution in [2.24, 2.45) is 28.9 Å². The van der Waals surface area contributed by atoms with E-state index in [1.54, 1.807) is 0 Å². The van der Waals surface area contributed by atoms with E-state index in [1.165, 1.54) is 6.42 Å². The zero-order valence-corrected chi connectivity index (χ0v) is 12.7. The van der Waals surface area contributed by atoms with Gasteiger partial charge in [0, 0.05) is 29.9 Å². The fraction of sp³-hybridized carbons (Fsp3) is 0.938. The molecular formula is C16H28N2O2. The fourth-order valence-electron chi connectivity index (χ4n) is 4.74. The number of carbonyl (C=O) groups excluding carboxylic acids is 1. The largest absolute Gasteiger partial charge is 0.377 e. The summed E-state index contributed by atoms with van der Waals surface area (Å²) in [6.45, 7) is 5.96. The van der Waals surface area contributed by atoms with E-state index in [1.807, 2.05) is 0 Å². The van der Waals surface area contributed by atoms with E-state index in [4.69, 9.17) is 10.5 Å². The second kappa shape index (κ2) is 5.30. The van der Waals surface area contributed by atoms with E-state index in [2.05, 4.69) is 19.2 Å². The highest BCUT2D eigenvalue weighted by atomic mass is 16.5. The monoisotopic (exact) mass is 280 g/mol. The van der Waals surface area contributed by atoms with Crippen LogP contribution < -0.4 is 11.1 Å². The third-order valence-electron chi connectivity index (χ3n) is 5.93. The van der Waals surface area contributed by atoms with Gasteiger partial charge in [0.25, 0.3) is 0 Å². The average molecular weight is 280 g/mol. The van der Waals surface area contributed by atoms with Gasteiger partial charge >= 0.3 is 0 Å². The van der Waals surface area contributed by atoms with Gasteiger partial charge in [0.1, 0.15) is 0 Å². The van der Waals surface area contributed by atoms with Gasteiger partial charge in [-0.3, -0.25) is 4.79 Å². The van der Waals surface area contributed by atoms with Crippen LogP contribution in [-0.2, 0) is 9.53 Å². The first-order valence-corrected chi connectivity index (χ1v) is 8.17. The highest BCUT2D eigenvalue weighted by Gasteiger charge is 2.58. The molecule has 0 bridgehead atoms. The molecule has 1 saturated heterocycles. The summed E-state index contributed by atoms with van der Waals surface area (Å²) in [6, 6.07) is 0.277. The molecule has 0 aromatic rings. The van der Waals surface area contributed by atoms with Gasteiger partial charge < -0.3 is 15.8 Å². The van der Waals surface area contributed by atoms with Crippen LogP contribution in [0.4, 0.5) is 0 Å². The van der Waals surface area contributed by atoms with Crippen LogP contribution in [0.3, 0.4) is 0 Å². The molecule has 0 spiro atoms. The molecule has 3 unspecified atom stereocenters. The number of carbonyl (C=O) groups is 1. The first-order valence-electron chi connectivity index (χ1n) is 8.17. The summed E-state index contributed by atoms with van der Waals surface area (Å²) in [4.78, 5) is 12.6. The van der Waals surface area contributed by atoms with Gasteiger partial charge in [-0.15, -0.1) is 0 Å². The molecule has 5 atom stereocenters. The molecule has 0 aromatic heterocycles. The molecule has 4 heteroatoms. The maximum atomic E-state index is 12.6. The normalized spacial score (nSPS) is 42.6. The quantitative estimate of drug-likeness (QED) is 0.826. The topological polar surface area (TPSA) is 64.4 Å². The lowest BCUT2D eigenvalue weighted by Crippen LogP contribution is -2.70. The van der Waals surface area contributed by atoms with Crippen LogP contribution in [0.2, 0.25) is 0 Å². The van der Waals surface area contributed by atoms with Gasteiger partial charge in [0.2, 0.25) is 5.91 Å². The number of nitrogens with one attached hydrogen (secondary N) is 1. The standard InChI is InChI=1S/C16H28N2O2/c1-16(2)13(12-7-4-8-20-14(12)16)18-15(19)11-6-3-5-10(11)9-17/h10-14H,3-9,17H2,1-2H3,(H,18,19)/t10-,11-,12?,13?,14?/m1/s1. The Morgan fingerprint density at radius 2 is 2.10 bits per heavy atom. The molecule has 3 fully saturated rings. The first kappa shape index (κ1) is 14.3. The Bertz CT molecular complexity index is 383. The van der Waals surface area contributed by atoms with Gasteiger partial charge in [-0.2, -0.15) is 0 Å². The number of ether oxygens (including phenoxy) is 1. The molecule has 2 aliphatic carbocycles. The summed E-state index contributed by atoms with van der Waals surface area (Å²) in [5.74, 6) is 1.27. The van der Waals surface area contributed by atoms with Gasteiger partial charge in [-0.05, 0) is 38.1 Å². The average Bonchev–Trinajstić information content (AvgIpc) is 2.93. The van der Waals surface area contributed by atoms with Crippen LogP contribution in [-0.4, -0.2) is 31.2 Å². The first-order chi connectivity index (χ1) is 9.55. The number of rotatable bonds is 3. The lowest BCUT2D eigenvalue weighted by molar-refractivity contribution is -0.194. The third-order valence-corrected chi connectivity index (χ3v) is 5.93. The lowest BCUT2D eigenvalue weighted by Gasteiger charge is -2.60. The molecule has 114 valence electrons. The molecule has 3 rings (SSSR count). The van der Waals surface area contributed by atoms with Crippen LogP contribution in [0, 0.1) is 23.2 Å². The maximum Gasteiger partial charge on any atom is 0.223 e. The zero-order valence-electron chi connectivity index (χ0n) is 12.7. The Hall–Kier alpha value is -0.610. The molecule has 0 aromatic carbocycles. The Kier molecular flexibility index (Phi) is 3.80. The minimum atomic E-state index is 0.0670. The number of hydrogen-bond donors (Lipinski definition) is 2. The van der Waals surface area contributed by atoms with E-state index in [0.29, 0.717) is 24.5 Å². The van der Waals surface area contributed by atoms with Crippen molar-refractivity contribution in [3.05, 3.63) is 0 Å². The van der Waals surface area contributed by atoms with Crippen molar-refractivity contribution in [1.82, 2.24) is 5.32 Å². The van der Waals surface area contributed by atoms with E-state index in [-0.39, 0.29) is 23.3 Å². The minimum absolute atomic E-state index is 0.0670. The molecule has 0 radical (unpaired) electrons. The molecule has 1 heterocycles. The van der Waals surface area contributed by atoms with Crippen molar-refractivity contribution < 1.29 is 9.53 Å². The third kappa shape index (κ3) is 2.17. The molecule has 3 aliphatic rings. The number of amides is 1. The van der Waals surface area contributed by atoms with Gasteiger partial charge in [-0.25, -0.2) is 0 Å². The fourth-order valence-corrected chi connectivity index (χ4v) is 4.74. The highest BCUT2D eigenvalue weighted by Crippen LogP contribution is 2.51. The van der Waals surface area contributed by atoms with Gasteiger partial charge in [-0.1, -0.05) is 20.3 Å². The van der Waals surface area contributed by atoms with Crippen molar-refractivity contribution in [3.63, 3.8) is 0 Å². The Labute approximate surface area is 121 Å². The van der Waals surface area contributed by atoms with Crippen LogP contribution in [0.15, 0.2) is 0 Å². The van der Waals surface area contributed by atoms with Gasteiger partial charge in [0.15, 0.2) is 0 Å². The summed E-state index contributed by atoms with van der Waals surface area (Å²) < 4.78 is 5.90. The van der Waals surface area contributed by atoms with Crippen molar-refractivity contribution >= 4 is 5.91 Å². The lowest BCUT2D eigenvalue weighted by atomic mass is 9.55. The Morgan fingerprint density at radius 3 is 2.85 bits per heavy atom. The molecule has 1 aliphatic heterocycles. The van der Waals surface area contributed by atoms with E-state index in [0.717, 1.165) is 32.3 Å². The van der Waals surface area contributed by atoms with Crippen molar-refractivity contribution in [2.75, 3.05) is 13.2 Å². The van der Waals surface area contributed by atoms with Crippen LogP contribution in [0.25, 0.3) is 0 Å². The molecule has 3 N–H and O–H groups in total. The smallest absolute Gasteiger partial charge is 0.223 e. The summed E-state index contributed by atoms with van der Waals surface area (Å²) in [5.41, 5.74) is 5.87. The number of nitrogens with two attached hydrogens (primary N) is 1. The predicted molar refractivity (Wildman–Crippen MR) is 78.1 cm³/mol. The van der Waals surface area contributed by atoms with E-state index in [9.17, 15) is 4.79 Å². The predicted octanol–water partition coefficient (Wildman–Crippen LogP) is 1.68. The zero-order chi connectivity index (χ0) is 14.3. The highest BCUT2D eigenvalue weighted by molar-refractivity contribution is 5.80. The van der Waals surface area contributed by atoms with E-state index < -0.39 is 0 Å². The van der Waals surface area contributed by atoms with Gasteiger partial charge in [0.05, 0.1) is 6.10 Å². The second-order valence-corrected chi connectivity index (χ2v) is 7.44. The molecule has 4 nitrogen and oxygen atoms in total. The number of fused-ring (bicyclic) bond motifs is 1. The Balaban J connectivity index is 1.64. The second-order valence-electron chi connectivity index (χ2n) is 7.44. The SMILES string of the molecule is CC1(C)C(NC(=O)[C@@H]2CCC[C@@H]2CN)C2CCCOC21. The van der Waals surface area contributed by atoms with Crippen molar-refractivity contribution in [3.8, 4) is 0 Å². The molecule has 1 amide bonds. The van der Waals surface area contributed by atoms with Crippen LogP contribution >= 0.6 is 0 Å². The summed E-state index contributed by atoms with van der Waals surface area (Å²) in [6.07, 6.45) is 5.89. The molecule has 2 saturated carbocycles. The maximum absolute atomic E-state index is 12.6.